The van der Waals surface area contributed by atoms with Crippen LogP contribution in [0.25, 0.3) is 0 Å². The Hall–Kier alpha value is -2.34. The van der Waals surface area contributed by atoms with Crippen molar-refractivity contribution in [1.29, 1.82) is 0 Å². The lowest BCUT2D eigenvalue weighted by Crippen LogP contribution is -2.29. The number of carbonyl (C=O) groups excluding carboxylic acids is 2. The maximum absolute atomic E-state index is 13.0. The van der Waals surface area contributed by atoms with Crippen molar-refractivity contribution in [3.05, 3.63) is 86.0 Å². The van der Waals surface area contributed by atoms with E-state index in [9.17, 15) is 9.59 Å². The van der Waals surface area contributed by atoms with Crippen LogP contribution in [0, 0.1) is 0 Å². The van der Waals surface area contributed by atoms with Gasteiger partial charge >= 0.3 is 0 Å². The van der Waals surface area contributed by atoms with Gasteiger partial charge in [-0.25, -0.2) is 0 Å². The smallest absolute Gasteiger partial charge is 0.265 e. The van der Waals surface area contributed by atoms with Crippen LogP contribution in [0.15, 0.2) is 60.0 Å². The van der Waals surface area contributed by atoms with Crippen molar-refractivity contribution in [2.75, 3.05) is 12.4 Å². The summed E-state index contributed by atoms with van der Waals surface area (Å²) in [6.07, 6.45) is 0. The molecule has 0 radical (unpaired) electrons. The van der Waals surface area contributed by atoms with Crippen molar-refractivity contribution >= 4 is 52.0 Å². The van der Waals surface area contributed by atoms with Gasteiger partial charge in [0.05, 0.1) is 21.6 Å². The van der Waals surface area contributed by atoms with Crippen molar-refractivity contribution in [3.8, 4) is 0 Å². The first-order chi connectivity index (χ1) is 13.4. The predicted molar refractivity (Wildman–Crippen MR) is 116 cm³/mol. The standard InChI is InChI=1S/C21H18Cl2N2O2S/c1-13(14-5-8-16(22)9-6-14)25(2)21(27)15-7-10-17(23)18(12-15)24-20(26)19-4-3-11-28-19/h3-13H,1-2H3,(H,24,26). The molecule has 2 amide bonds. The molecular weight excluding hydrogens is 415 g/mol. The Bertz CT molecular complexity index is 988. The van der Waals surface area contributed by atoms with Gasteiger partial charge in [-0.1, -0.05) is 41.4 Å². The highest BCUT2D eigenvalue weighted by Gasteiger charge is 2.20. The normalized spacial score (nSPS) is 11.7. The molecule has 0 aliphatic rings. The van der Waals surface area contributed by atoms with Crippen LogP contribution in [-0.2, 0) is 0 Å². The number of carbonyl (C=O) groups is 2. The van der Waals surface area contributed by atoms with Crippen molar-refractivity contribution in [2.24, 2.45) is 0 Å². The Morgan fingerprint density at radius 3 is 2.43 bits per heavy atom. The molecule has 0 aliphatic heterocycles. The van der Waals surface area contributed by atoms with Crippen LogP contribution in [-0.4, -0.2) is 23.8 Å². The van der Waals surface area contributed by atoms with E-state index in [1.807, 2.05) is 24.4 Å². The summed E-state index contributed by atoms with van der Waals surface area (Å²) in [4.78, 5) is 27.5. The molecule has 0 saturated carbocycles. The van der Waals surface area contributed by atoms with Crippen molar-refractivity contribution in [1.82, 2.24) is 4.90 Å². The predicted octanol–water partition coefficient (Wildman–Crippen LogP) is 6.14. The van der Waals surface area contributed by atoms with E-state index in [2.05, 4.69) is 5.32 Å². The molecule has 1 N–H and O–H groups in total. The first-order valence-electron chi connectivity index (χ1n) is 8.54. The van der Waals surface area contributed by atoms with Crippen LogP contribution in [0.2, 0.25) is 10.0 Å². The molecule has 144 valence electrons. The van der Waals surface area contributed by atoms with Gasteiger partial charge < -0.3 is 10.2 Å². The van der Waals surface area contributed by atoms with E-state index >= 15 is 0 Å². The third-order valence-electron chi connectivity index (χ3n) is 4.46. The molecule has 1 unspecified atom stereocenters. The third kappa shape index (κ3) is 4.55. The Morgan fingerprint density at radius 1 is 1.07 bits per heavy atom. The monoisotopic (exact) mass is 432 g/mol. The van der Waals surface area contributed by atoms with Gasteiger partial charge in [0, 0.05) is 17.6 Å². The molecule has 0 saturated heterocycles. The molecule has 4 nitrogen and oxygen atoms in total. The van der Waals surface area contributed by atoms with Gasteiger partial charge in [-0.2, -0.15) is 0 Å². The van der Waals surface area contributed by atoms with E-state index in [4.69, 9.17) is 23.2 Å². The lowest BCUT2D eigenvalue weighted by molar-refractivity contribution is 0.0742. The number of rotatable bonds is 5. The second-order valence-electron chi connectivity index (χ2n) is 6.27. The number of anilines is 1. The van der Waals surface area contributed by atoms with Crippen LogP contribution in [0.3, 0.4) is 0 Å². The quantitative estimate of drug-likeness (QED) is 0.526. The molecule has 3 aromatic rings. The average Bonchev–Trinajstić information content (AvgIpc) is 3.23. The summed E-state index contributed by atoms with van der Waals surface area (Å²) >= 11 is 13.5. The van der Waals surface area contributed by atoms with Crippen molar-refractivity contribution in [3.63, 3.8) is 0 Å². The van der Waals surface area contributed by atoms with E-state index in [-0.39, 0.29) is 17.9 Å². The van der Waals surface area contributed by atoms with Gasteiger partial charge in [0.1, 0.15) is 0 Å². The minimum Gasteiger partial charge on any atom is -0.335 e. The second kappa shape index (κ2) is 8.78. The topological polar surface area (TPSA) is 49.4 Å². The number of amides is 2. The first-order valence-corrected chi connectivity index (χ1v) is 10.2. The zero-order valence-corrected chi connectivity index (χ0v) is 17.6. The fourth-order valence-electron chi connectivity index (χ4n) is 2.69. The van der Waals surface area contributed by atoms with Crippen LogP contribution in [0.5, 0.6) is 0 Å². The highest BCUT2D eigenvalue weighted by atomic mass is 35.5. The SMILES string of the molecule is CC(c1ccc(Cl)cc1)N(C)C(=O)c1ccc(Cl)c(NC(=O)c2cccs2)c1. The Morgan fingerprint density at radius 2 is 1.79 bits per heavy atom. The Labute approximate surface area is 177 Å². The van der Waals surface area contributed by atoms with Gasteiger partial charge in [-0.05, 0) is 54.3 Å². The molecule has 0 bridgehead atoms. The summed E-state index contributed by atoms with van der Waals surface area (Å²) in [5.74, 6) is -0.435. The van der Waals surface area contributed by atoms with Crippen LogP contribution >= 0.6 is 34.5 Å². The summed E-state index contributed by atoms with van der Waals surface area (Å²) in [7, 11) is 1.74. The molecule has 0 spiro atoms. The average molecular weight is 433 g/mol. The highest BCUT2D eigenvalue weighted by molar-refractivity contribution is 7.12. The zero-order chi connectivity index (χ0) is 20.3. The summed E-state index contributed by atoms with van der Waals surface area (Å²) in [5, 5.41) is 5.61. The van der Waals surface area contributed by atoms with E-state index in [0.29, 0.717) is 26.2 Å². The number of nitrogens with one attached hydrogen (secondary N) is 1. The zero-order valence-electron chi connectivity index (χ0n) is 15.3. The van der Waals surface area contributed by atoms with Gasteiger partial charge in [0.25, 0.3) is 11.8 Å². The largest absolute Gasteiger partial charge is 0.335 e. The van der Waals surface area contributed by atoms with E-state index < -0.39 is 0 Å². The fourth-order valence-corrected chi connectivity index (χ4v) is 3.60. The summed E-state index contributed by atoms with van der Waals surface area (Å²) < 4.78 is 0. The molecule has 28 heavy (non-hydrogen) atoms. The molecule has 2 aromatic carbocycles. The molecule has 1 heterocycles. The van der Waals surface area contributed by atoms with E-state index in [0.717, 1.165) is 5.56 Å². The molecular formula is C21H18Cl2N2O2S. The highest BCUT2D eigenvalue weighted by Crippen LogP contribution is 2.27. The van der Waals surface area contributed by atoms with Gasteiger partial charge in [-0.3, -0.25) is 9.59 Å². The maximum atomic E-state index is 13.0. The molecule has 1 atom stereocenters. The molecule has 3 rings (SSSR count). The number of halogens is 2. The van der Waals surface area contributed by atoms with E-state index in [1.165, 1.54) is 11.3 Å². The second-order valence-corrected chi connectivity index (χ2v) is 8.06. The van der Waals surface area contributed by atoms with Crippen LogP contribution in [0.4, 0.5) is 5.69 Å². The number of thiophene rings is 1. The maximum Gasteiger partial charge on any atom is 0.265 e. The van der Waals surface area contributed by atoms with Crippen molar-refractivity contribution < 1.29 is 9.59 Å². The summed E-state index contributed by atoms with van der Waals surface area (Å²) in [5.41, 5.74) is 1.81. The summed E-state index contributed by atoms with van der Waals surface area (Å²) in [6.45, 7) is 1.94. The van der Waals surface area contributed by atoms with Gasteiger partial charge in [0.15, 0.2) is 0 Å². The Balaban J connectivity index is 1.79. The van der Waals surface area contributed by atoms with Crippen molar-refractivity contribution in [2.45, 2.75) is 13.0 Å². The molecule has 7 heteroatoms. The van der Waals surface area contributed by atoms with Gasteiger partial charge in [0.2, 0.25) is 0 Å². The minimum absolute atomic E-state index is 0.149. The molecule has 0 aliphatic carbocycles. The van der Waals surface area contributed by atoms with Crippen LogP contribution < -0.4 is 5.32 Å². The molecule has 1 aromatic heterocycles. The number of hydrogen-bond donors (Lipinski definition) is 1. The van der Waals surface area contributed by atoms with Crippen LogP contribution in [0.1, 0.15) is 38.6 Å². The first kappa shape index (κ1) is 20.4. The lowest BCUT2D eigenvalue weighted by Gasteiger charge is -2.26. The number of hydrogen-bond acceptors (Lipinski definition) is 3. The molecule has 0 fully saturated rings. The van der Waals surface area contributed by atoms with E-state index in [1.54, 1.807) is 54.4 Å². The Kier molecular flexibility index (Phi) is 6.39. The third-order valence-corrected chi connectivity index (χ3v) is 5.91. The lowest BCUT2D eigenvalue weighted by atomic mass is 10.1. The van der Waals surface area contributed by atoms with Gasteiger partial charge in [-0.15, -0.1) is 11.3 Å². The minimum atomic E-state index is -0.260. The number of nitrogens with zero attached hydrogens (tertiary/aromatic N) is 1. The summed E-state index contributed by atoms with van der Waals surface area (Å²) in [6, 6.07) is 15.6. The fraction of sp³-hybridized carbons (Fsp3) is 0.143. The number of benzene rings is 2.